The Hall–Kier alpha value is -2.06. The first-order valence-electron chi connectivity index (χ1n) is 5.23. The molecule has 18 heavy (non-hydrogen) atoms. The van der Waals surface area contributed by atoms with Crippen molar-refractivity contribution in [2.45, 2.75) is 19.4 Å². The first kappa shape index (κ1) is 12.4. The van der Waals surface area contributed by atoms with Gasteiger partial charge in [-0.25, -0.2) is 4.79 Å². The van der Waals surface area contributed by atoms with Crippen molar-refractivity contribution in [1.29, 1.82) is 5.26 Å². The predicted octanol–water partition coefficient (Wildman–Crippen LogP) is 2.05. The molecule has 0 aliphatic carbocycles. The molecule has 0 bridgehead atoms. The summed E-state index contributed by atoms with van der Waals surface area (Å²) in [5, 5.41) is 11.3. The van der Waals surface area contributed by atoms with Crippen LogP contribution in [-0.2, 0) is 4.79 Å². The molecule has 1 aromatic carbocycles. The Labute approximate surface area is 109 Å². The van der Waals surface area contributed by atoms with E-state index in [0.717, 1.165) is 0 Å². The quantitative estimate of drug-likeness (QED) is 0.788. The van der Waals surface area contributed by atoms with Gasteiger partial charge < -0.3 is 0 Å². The van der Waals surface area contributed by atoms with E-state index in [9.17, 15) is 9.59 Å². The summed E-state index contributed by atoms with van der Waals surface area (Å²) in [7, 11) is 0. The molecule has 1 N–H and O–H groups in total. The van der Waals surface area contributed by atoms with Crippen molar-refractivity contribution in [2.24, 2.45) is 0 Å². The van der Waals surface area contributed by atoms with Crippen LogP contribution in [0.2, 0.25) is 5.02 Å². The van der Waals surface area contributed by atoms with Crippen LogP contribution in [0.1, 0.15) is 19.4 Å². The van der Waals surface area contributed by atoms with Crippen LogP contribution in [0.3, 0.4) is 0 Å². The molecule has 0 radical (unpaired) electrons. The van der Waals surface area contributed by atoms with Gasteiger partial charge in [-0.05, 0) is 32.0 Å². The molecule has 1 aliphatic rings. The first-order chi connectivity index (χ1) is 8.37. The highest BCUT2D eigenvalue weighted by atomic mass is 35.5. The Morgan fingerprint density at radius 1 is 1.39 bits per heavy atom. The van der Waals surface area contributed by atoms with Crippen molar-refractivity contribution < 1.29 is 9.59 Å². The molecule has 6 heteroatoms. The zero-order valence-corrected chi connectivity index (χ0v) is 10.6. The van der Waals surface area contributed by atoms with Crippen molar-refractivity contribution in [2.75, 3.05) is 4.90 Å². The minimum Gasteiger partial charge on any atom is -0.279 e. The Balaban J connectivity index is 2.50. The summed E-state index contributed by atoms with van der Waals surface area (Å²) in [5.41, 5.74) is -0.175. The van der Waals surface area contributed by atoms with Crippen LogP contribution in [-0.4, -0.2) is 17.5 Å². The number of amides is 3. The van der Waals surface area contributed by atoms with E-state index in [4.69, 9.17) is 16.9 Å². The van der Waals surface area contributed by atoms with Crippen molar-refractivity contribution in [3.8, 4) is 6.07 Å². The van der Waals surface area contributed by atoms with Crippen LogP contribution in [0.4, 0.5) is 10.5 Å². The second-order valence-corrected chi connectivity index (χ2v) is 4.84. The minimum atomic E-state index is -0.978. The van der Waals surface area contributed by atoms with E-state index >= 15 is 0 Å². The van der Waals surface area contributed by atoms with E-state index < -0.39 is 11.6 Å². The van der Waals surface area contributed by atoms with Gasteiger partial charge >= 0.3 is 6.03 Å². The maximum Gasteiger partial charge on any atom is 0.329 e. The summed E-state index contributed by atoms with van der Waals surface area (Å²) in [6.07, 6.45) is 0. The van der Waals surface area contributed by atoms with Crippen molar-refractivity contribution >= 4 is 29.2 Å². The molecule has 2 rings (SSSR count). The number of anilines is 1. The van der Waals surface area contributed by atoms with Gasteiger partial charge in [-0.3, -0.25) is 15.0 Å². The molecule has 0 unspecified atom stereocenters. The van der Waals surface area contributed by atoms with Crippen LogP contribution < -0.4 is 10.2 Å². The molecule has 1 heterocycles. The zero-order chi connectivity index (χ0) is 13.5. The fourth-order valence-electron chi connectivity index (χ4n) is 1.84. The van der Waals surface area contributed by atoms with E-state index in [2.05, 4.69) is 5.32 Å². The number of benzene rings is 1. The van der Waals surface area contributed by atoms with Gasteiger partial charge in [0.15, 0.2) is 0 Å². The monoisotopic (exact) mass is 263 g/mol. The molecule has 1 aromatic rings. The Morgan fingerprint density at radius 2 is 2.06 bits per heavy atom. The van der Waals surface area contributed by atoms with Crippen LogP contribution in [0.5, 0.6) is 0 Å². The zero-order valence-electron chi connectivity index (χ0n) is 9.82. The van der Waals surface area contributed by atoms with Gasteiger partial charge in [0.05, 0.1) is 10.6 Å². The van der Waals surface area contributed by atoms with Crippen LogP contribution in [0, 0.1) is 11.3 Å². The smallest absolute Gasteiger partial charge is 0.279 e. The van der Waals surface area contributed by atoms with Gasteiger partial charge in [0.25, 0.3) is 5.91 Å². The van der Waals surface area contributed by atoms with Gasteiger partial charge in [0.1, 0.15) is 11.6 Å². The predicted molar refractivity (Wildman–Crippen MR) is 66.3 cm³/mol. The lowest BCUT2D eigenvalue weighted by atomic mass is 10.0. The molecular weight excluding hydrogens is 254 g/mol. The number of nitrogens with one attached hydrogen (secondary N) is 1. The molecule has 0 aromatic heterocycles. The maximum atomic E-state index is 11.8. The largest absolute Gasteiger partial charge is 0.329 e. The normalized spacial score (nSPS) is 17.6. The summed E-state index contributed by atoms with van der Waals surface area (Å²) in [5.74, 6) is -0.368. The topological polar surface area (TPSA) is 73.2 Å². The highest BCUT2D eigenvalue weighted by Gasteiger charge is 2.46. The number of hydrogen-bond donors (Lipinski definition) is 1. The lowest BCUT2D eigenvalue weighted by Gasteiger charge is -2.28. The molecule has 0 saturated carbocycles. The van der Waals surface area contributed by atoms with Gasteiger partial charge in [-0.2, -0.15) is 5.26 Å². The number of nitrogens with zero attached hydrogens (tertiary/aromatic N) is 2. The van der Waals surface area contributed by atoms with E-state index in [0.29, 0.717) is 11.3 Å². The summed E-state index contributed by atoms with van der Waals surface area (Å²) in [6, 6.07) is 6.05. The fourth-order valence-corrected chi connectivity index (χ4v) is 2.05. The molecule has 92 valence electrons. The summed E-state index contributed by atoms with van der Waals surface area (Å²) in [4.78, 5) is 24.7. The third-order valence-corrected chi connectivity index (χ3v) is 3.18. The van der Waals surface area contributed by atoms with Gasteiger partial charge in [0.2, 0.25) is 0 Å². The van der Waals surface area contributed by atoms with Gasteiger partial charge in [-0.1, -0.05) is 11.6 Å². The van der Waals surface area contributed by atoms with Crippen molar-refractivity contribution in [1.82, 2.24) is 5.32 Å². The van der Waals surface area contributed by atoms with Crippen molar-refractivity contribution in [3.63, 3.8) is 0 Å². The SMILES string of the molecule is CC1(C)C(=O)NC(=O)N1c1ccc(C#N)c(Cl)c1. The molecule has 5 nitrogen and oxygen atoms in total. The lowest BCUT2D eigenvalue weighted by Crippen LogP contribution is -2.44. The van der Waals surface area contributed by atoms with Crippen LogP contribution in [0.25, 0.3) is 0 Å². The van der Waals surface area contributed by atoms with E-state index in [1.54, 1.807) is 19.9 Å². The number of hydrogen-bond acceptors (Lipinski definition) is 3. The maximum absolute atomic E-state index is 11.8. The summed E-state index contributed by atoms with van der Waals surface area (Å²) < 4.78 is 0. The number of halogens is 1. The van der Waals surface area contributed by atoms with Gasteiger partial charge in [0, 0.05) is 5.69 Å². The summed E-state index contributed by atoms with van der Waals surface area (Å²) >= 11 is 5.92. The molecule has 1 saturated heterocycles. The second kappa shape index (κ2) is 4.00. The van der Waals surface area contributed by atoms with E-state index in [1.165, 1.54) is 17.0 Å². The highest BCUT2D eigenvalue weighted by Crippen LogP contribution is 2.31. The second-order valence-electron chi connectivity index (χ2n) is 4.43. The average molecular weight is 264 g/mol. The molecule has 3 amide bonds. The molecule has 0 atom stereocenters. The number of rotatable bonds is 1. The molecule has 1 fully saturated rings. The number of imide groups is 1. The number of urea groups is 1. The van der Waals surface area contributed by atoms with Crippen molar-refractivity contribution in [3.05, 3.63) is 28.8 Å². The first-order valence-corrected chi connectivity index (χ1v) is 5.61. The number of carbonyl (C=O) groups excluding carboxylic acids is 2. The lowest BCUT2D eigenvalue weighted by molar-refractivity contribution is -0.122. The fraction of sp³-hybridized carbons (Fsp3) is 0.250. The van der Waals surface area contributed by atoms with E-state index in [1.807, 2.05) is 6.07 Å². The molecule has 1 aliphatic heterocycles. The highest BCUT2D eigenvalue weighted by molar-refractivity contribution is 6.32. The third kappa shape index (κ3) is 1.71. The Kier molecular flexibility index (Phi) is 2.76. The Bertz CT molecular complexity index is 589. The van der Waals surface area contributed by atoms with Gasteiger partial charge in [-0.15, -0.1) is 0 Å². The standard InChI is InChI=1S/C12H10ClN3O2/c1-12(2)10(17)15-11(18)16(12)8-4-3-7(6-14)9(13)5-8/h3-5H,1-2H3,(H,15,17,18). The minimum absolute atomic E-state index is 0.248. The average Bonchev–Trinajstić information content (AvgIpc) is 2.48. The third-order valence-electron chi connectivity index (χ3n) is 2.87. The number of carbonyl (C=O) groups is 2. The van der Waals surface area contributed by atoms with Crippen LogP contribution in [0.15, 0.2) is 18.2 Å². The Morgan fingerprint density at radius 3 is 2.50 bits per heavy atom. The summed E-state index contributed by atoms with van der Waals surface area (Å²) in [6.45, 7) is 3.28. The number of nitriles is 1. The van der Waals surface area contributed by atoms with Crippen LogP contribution >= 0.6 is 11.6 Å². The molecule has 0 spiro atoms. The molecular formula is C12H10ClN3O2. The van der Waals surface area contributed by atoms with E-state index in [-0.39, 0.29) is 10.9 Å².